The summed E-state index contributed by atoms with van der Waals surface area (Å²) < 4.78 is 33.4. The van der Waals surface area contributed by atoms with Gasteiger partial charge in [0.15, 0.2) is 0 Å². The number of rotatable bonds is 5. The Morgan fingerprint density at radius 2 is 2.05 bits per heavy atom. The largest absolute Gasteiger partial charge is 0.495 e. The van der Waals surface area contributed by atoms with Gasteiger partial charge >= 0.3 is 10.2 Å². The zero-order valence-corrected chi connectivity index (χ0v) is 12.0. The van der Waals surface area contributed by atoms with Crippen molar-refractivity contribution in [3.63, 3.8) is 0 Å². The fourth-order valence-corrected chi connectivity index (χ4v) is 3.39. The van der Waals surface area contributed by atoms with Crippen molar-refractivity contribution < 1.29 is 13.2 Å². The molecule has 0 radical (unpaired) electrons. The molecule has 0 spiro atoms. The average Bonchev–Trinajstić information content (AvgIpc) is 2.93. The lowest BCUT2D eigenvalue weighted by Crippen LogP contribution is -2.33. The van der Waals surface area contributed by atoms with Crippen LogP contribution in [0.25, 0.3) is 0 Å². The van der Waals surface area contributed by atoms with E-state index in [-0.39, 0.29) is 5.84 Å². The highest BCUT2D eigenvalue weighted by Crippen LogP contribution is 2.27. The summed E-state index contributed by atoms with van der Waals surface area (Å²) in [4.78, 5) is 0. The Bertz CT molecular complexity index is 609. The number of nitrogens with two attached hydrogens (primary N) is 1. The Morgan fingerprint density at radius 1 is 1.40 bits per heavy atom. The van der Waals surface area contributed by atoms with Crippen molar-refractivity contribution in [2.75, 3.05) is 24.9 Å². The van der Waals surface area contributed by atoms with Gasteiger partial charge in [0.25, 0.3) is 0 Å². The van der Waals surface area contributed by atoms with Gasteiger partial charge in [-0.25, -0.2) is 0 Å². The first kappa shape index (κ1) is 14.6. The summed E-state index contributed by atoms with van der Waals surface area (Å²) in [5.74, 6) is 0.234. The summed E-state index contributed by atoms with van der Waals surface area (Å²) in [6.07, 6.45) is 1.75. The van der Waals surface area contributed by atoms with Crippen LogP contribution in [0.4, 0.5) is 5.69 Å². The van der Waals surface area contributed by atoms with Crippen LogP contribution < -0.4 is 15.2 Å². The Kier molecular flexibility index (Phi) is 4.15. The van der Waals surface area contributed by atoms with E-state index in [0.29, 0.717) is 30.1 Å². The van der Waals surface area contributed by atoms with Crippen LogP contribution in [-0.4, -0.2) is 38.8 Å². The van der Waals surface area contributed by atoms with Crippen LogP contribution in [0, 0.1) is 5.41 Å². The maximum absolute atomic E-state index is 12.2. The van der Waals surface area contributed by atoms with Crippen LogP contribution in [0.3, 0.4) is 0 Å². The molecule has 1 fully saturated rings. The predicted octanol–water partition coefficient (Wildman–Crippen LogP) is 0.732. The maximum Gasteiger partial charge on any atom is 0.301 e. The average molecular weight is 298 g/mol. The minimum absolute atomic E-state index is 0.0998. The second-order valence-corrected chi connectivity index (χ2v) is 6.21. The smallest absolute Gasteiger partial charge is 0.301 e. The molecule has 0 saturated carbocycles. The van der Waals surface area contributed by atoms with Crippen LogP contribution >= 0.6 is 0 Å². The fraction of sp³-hybridized carbons (Fsp3) is 0.417. The Labute approximate surface area is 118 Å². The lowest BCUT2D eigenvalue weighted by atomic mass is 10.2. The number of benzene rings is 1. The molecule has 1 aromatic carbocycles. The van der Waals surface area contributed by atoms with Crippen molar-refractivity contribution in [3.05, 3.63) is 23.8 Å². The predicted molar refractivity (Wildman–Crippen MR) is 77.4 cm³/mol. The zero-order valence-electron chi connectivity index (χ0n) is 11.2. The summed E-state index contributed by atoms with van der Waals surface area (Å²) >= 11 is 0. The molecule has 0 aromatic heterocycles. The molecule has 0 bridgehead atoms. The molecular weight excluding hydrogens is 280 g/mol. The number of nitrogens with zero attached hydrogens (tertiary/aromatic N) is 1. The molecule has 4 N–H and O–H groups in total. The molecule has 0 aliphatic carbocycles. The Balaban J connectivity index is 2.26. The zero-order chi connectivity index (χ0) is 14.8. The van der Waals surface area contributed by atoms with Crippen LogP contribution in [-0.2, 0) is 10.2 Å². The van der Waals surface area contributed by atoms with Crippen molar-refractivity contribution >= 4 is 21.7 Å². The summed E-state index contributed by atoms with van der Waals surface area (Å²) in [5.41, 5.74) is 6.21. The lowest BCUT2D eigenvalue weighted by molar-refractivity contribution is 0.416. The molecule has 2 rings (SSSR count). The number of hydrogen-bond acceptors (Lipinski definition) is 4. The van der Waals surface area contributed by atoms with Gasteiger partial charge in [-0.3, -0.25) is 10.1 Å². The Morgan fingerprint density at radius 3 is 2.60 bits per heavy atom. The molecule has 1 aromatic rings. The molecular formula is C12H18N4O3S. The van der Waals surface area contributed by atoms with E-state index in [9.17, 15) is 8.42 Å². The molecule has 0 amide bonds. The van der Waals surface area contributed by atoms with E-state index < -0.39 is 10.2 Å². The quantitative estimate of drug-likeness (QED) is 0.550. The third-order valence-corrected chi connectivity index (χ3v) is 4.68. The van der Waals surface area contributed by atoms with Crippen LogP contribution in [0.2, 0.25) is 0 Å². The second-order valence-electron chi connectivity index (χ2n) is 4.54. The number of ether oxygens (including phenoxy) is 1. The van der Waals surface area contributed by atoms with Gasteiger partial charge in [-0.2, -0.15) is 12.7 Å². The van der Waals surface area contributed by atoms with Gasteiger partial charge in [-0.05, 0) is 31.0 Å². The van der Waals surface area contributed by atoms with Crippen LogP contribution in [0.5, 0.6) is 5.75 Å². The molecule has 8 heteroatoms. The summed E-state index contributed by atoms with van der Waals surface area (Å²) in [7, 11) is -2.12. The van der Waals surface area contributed by atoms with E-state index >= 15 is 0 Å². The van der Waals surface area contributed by atoms with Crippen molar-refractivity contribution in [2.24, 2.45) is 5.73 Å². The molecule has 1 heterocycles. The normalized spacial score (nSPS) is 16.1. The Hall–Kier alpha value is -1.80. The number of nitrogen functional groups attached to an aromatic ring is 1. The molecule has 1 aliphatic heterocycles. The molecule has 0 atom stereocenters. The first-order valence-corrected chi connectivity index (χ1v) is 7.68. The highest BCUT2D eigenvalue weighted by atomic mass is 32.2. The van der Waals surface area contributed by atoms with Gasteiger partial charge in [0, 0.05) is 18.7 Å². The summed E-state index contributed by atoms with van der Waals surface area (Å²) in [6.45, 7) is 1.06. The lowest BCUT2D eigenvalue weighted by Gasteiger charge is -2.18. The standard InChI is InChI=1S/C12H18N4O3S/c1-19-11-8-9(12(13)14)4-5-10(11)15-20(17,18)16-6-2-3-7-16/h4-5,8,15H,2-3,6-7H2,1H3,(H3,13,14). The van der Waals surface area contributed by atoms with E-state index in [2.05, 4.69) is 4.72 Å². The number of methoxy groups -OCH3 is 1. The van der Waals surface area contributed by atoms with E-state index in [4.69, 9.17) is 15.9 Å². The highest BCUT2D eigenvalue weighted by molar-refractivity contribution is 7.90. The van der Waals surface area contributed by atoms with Crippen molar-refractivity contribution in [2.45, 2.75) is 12.8 Å². The van der Waals surface area contributed by atoms with Gasteiger partial charge in [0.1, 0.15) is 11.6 Å². The van der Waals surface area contributed by atoms with E-state index in [1.807, 2.05) is 0 Å². The fourth-order valence-electron chi connectivity index (χ4n) is 2.08. The van der Waals surface area contributed by atoms with Gasteiger partial charge in [0.2, 0.25) is 0 Å². The van der Waals surface area contributed by atoms with Gasteiger partial charge < -0.3 is 10.5 Å². The third kappa shape index (κ3) is 3.02. The van der Waals surface area contributed by atoms with E-state index in [1.165, 1.54) is 17.5 Å². The first-order valence-electron chi connectivity index (χ1n) is 6.24. The number of hydrogen-bond donors (Lipinski definition) is 3. The monoisotopic (exact) mass is 298 g/mol. The number of anilines is 1. The highest BCUT2D eigenvalue weighted by Gasteiger charge is 2.26. The van der Waals surface area contributed by atoms with Crippen molar-refractivity contribution in [1.82, 2.24) is 4.31 Å². The first-order chi connectivity index (χ1) is 9.44. The van der Waals surface area contributed by atoms with Gasteiger partial charge in [-0.1, -0.05) is 0 Å². The molecule has 110 valence electrons. The van der Waals surface area contributed by atoms with Crippen molar-refractivity contribution in [3.8, 4) is 5.75 Å². The minimum atomic E-state index is -3.56. The van der Waals surface area contributed by atoms with Gasteiger partial charge in [-0.15, -0.1) is 0 Å². The second kappa shape index (κ2) is 5.68. The van der Waals surface area contributed by atoms with Crippen LogP contribution in [0.1, 0.15) is 18.4 Å². The molecule has 7 nitrogen and oxygen atoms in total. The molecule has 1 saturated heterocycles. The number of amidine groups is 1. The molecule has 1 aliphatic rings. The van der Waals surface area contributed by atoms with Gasteiger partial charge in [0.05, 0.1) is 12.8 Å². The van der Waals surface area contributed by atoms with Crippen LogP contribution in [0.15, 0.2) is 18.2 Å². The van der Waals surface area contributed by atoms with Crippen molar-refractivity contribution in [1.29, 1.82) is 5.41 Å². The maximum atomic E-state index is 12.2. The third-order valence-electron chi connectivity index (χ3n) is 3.16. The summed E-state index contributed by atoms with van der Waals surface area (Å²) in [5, 5.41) is 7.37. The number of nitrogens with one attached hydrogen (secondary N) is 2. The minimum Gasteiger partial charge on any atom is -0.495 e. The summed E-state index contributed by atoms with van der Waals surface area (Å²) in [6, 6.07) is 4.65. The molecule has 0 unspecified atom stereocenters. The van der Waals surface area contributed by atoms with E-state index in [1.54, 1.807) is 12.1 Å². The van der Waals surface area contributed by atoms with E-state index in [0.717, 1.165) is 12.8 Å². The SMILES string of the molecule is COc1cc(C(=N)N)ccc1NS(=O)(=O)N1CCCC1. The topological polar surface area (TPSA) is 109 Å². The molecule has 20 heavy (non-hydrogen) atoms.